The van der Waals surface area contributed by atoms with Crippen LogP contribution in [-0.2, 0) is 29.0 Å². The number of fused-ring (bicyclic) bond motifs is 1. The summed E-state index contributed by atoms with van der Waals surface area (Å²) in [6, 6.07) is 2.80. The van der Waals surface area contributed by atoms with Gasteiger partial charge < -0.3 is 29.1 Å². The number of hydrogen-bond donors (Lipinski definition) is 1. The number of aliphatic hydroxyl groups excluding tert-OH is 1. The molecule has 0 unspecified atom stereocenters. The molecule has 0 radical (unpaired) electrons. The van der Waals surface area contributed by atoms with Crippen LogP contribution in [0.25, 0.3) is 17.0 Å². The van der Waals surface area contributed by atoms with Gasteiger partial charge >= 0.3 is 12.1 Å². The van der Waals surface area contributed by atoms with Crippen LogP contribution in [0.2, 0.25) is 0 Å². The smallest absolute Gasteiger partial charge is 0.410 e. The van der Waals surface area contributed by atoms with Gasteiger partial charge in [0.1, 0.15) is 23.3 Å². The molecule has 3 aliphatic heterocycles. The van der Waals surface area contributed by atoms with Crippen LogP contribution in [0.1, 0.15) is 45.6 Å². The molecule has 4 heterocycles. The van der Waals surface area contributed by atoms with Crippen LogP contribution < -0.4 is 0 Å². The maximum Gasteiger partial charge on any atom is 0.410 e. The standard InChI is InChI=1S/C32H43FN4O8S/c1-20-5-7-24(38)16-30(39)45-31(21(2)6-8-29(20)44-32(40)36-11-9-35(4)10-12-36)22(3)13-23-14-27(33)26-17-34-37(28(26)15-23)46(41,42)25-18-43-19-25/h6,8,13-15,17,20-21,24-25,29,31,38H,5,7,9-12,16,18-19H2,1-4H3/b8-6-,22-13+/t20-,21-,24+,29-,31-/m0/s1. The van der Waals surface area contributed by atoms with Gasteiger partial charge in [0, 0.05) is 32.1 Å². The number of aromatic nitrogens is 2. The predicted octanol–water partition coefficient (Wildman–Crippen LogP) is 3.19. The number of likely N-dealkylation sites (N-methyl/N-ethyl adjacent to an activating group) is 1. The third-order valence-corrected chi connectivity index (χ3v) is 10.9. The van der Waals surface area contributed by atoms with E-state index >= 15 is 4.39 Å². The molecule has 252 valence electrons. The number of carbonyl (C=O) groups is 2. The van der Waals surface area contributed by atoms with Crippen molar-refractivity contribution in [1.82, 2.24) is 19.0 Å². The third kappa shape index (κ3) is 7.62. The fraction of sp³-hybridized carbons (Fsp3) is 0.594. The summed E-state index contributed by atoms with van der Waals surface area (Å²) in [5, 5.41) is 13.9. The van der Waals surface area contributed by atoms with E-state index in [-0.39, 0.29) is 36.5 Å². The van der Waals surface area contributed by atoms with Crippen molar-refractivity contribution in [3.63, 3.8) is 0 Å². The number of piperazine rings is 1. The first-order chi connectivity index (χ1) is 21.8. The highest BCUT2D eigenvalue weighted by molar-refractivity contribution is 7.90. The molecule has 0 aliphatic carbocycles. The Morgan fingerprint density at radius 2 is 1.85 bits per heavy atom. The van der Waals surface area contributed by atoms with Crippen molar-refractivity contribution >= 4 is 39.1 Å². The zero-order valence-electron chi connectivity index (χ0n) is 26.7. The van der Waals surface area contributed by atoms with Gasteiger partial charge in [-0.05, 0) is 62.1 Å². The van der Waals surface area contributed by atoms with Crippen molar-refractivity contribution in [3.05, 3.63) is 47.4 Å². The molecule has 12 nitrogen and oxygen atoms in total. The maximum absolute atomic E-state index is 15.2. The molecule has 2 aromatic rings. The highest BCUT2D eigenvalue weighted by Gasteiger charge is 2.36. The summed E-state index contributed by atoms with van der Waals surface area (Å²) in [5.41, 5.74) is 1.02. The molecule has 1 aromatic heterocycles. The van der Waals surface area contributed by atoms with Crippen LogP contribution in [0.4, 0.5) is 9.18 Å². The fourth-order valence-corrected chi connectivity index (χ4v) is 7.29. The van der Waals surface area contributed by atoms with Crippen molar-refractivity contribution in [2.75, 3.05) is 46.4 Å². The van der Waals surface area contributed by atoms with Gasteiger partial charge in [-0.1, -0.05) is 26.0 Å². The number of nitrogens with zero attached hydrogens (tertiary/aromatic N) is 4. The zero-order chi connectivity index (χ0) is 33.2. The van der Waals surface area contributed by atoms with Gasteiger partial charge in [-0.25, -0.2) is 17.6 Å². The topological polar surface area (TPSA) is 141 Å². The van der Waals surface area contributed by atoms with Crippen LogP contribution in [0.3, 0.4) is 0 Å². The average molecular weight is 663 g/mol. The Morgan fingerprint density at radius 3 is 2.52 bits per heavy atom. The molecule has 5 rings (SSSR count). The SMILES string of the molecule is C/C(=C\c1cc(F)c2cnn(S(=O)(=O)C3COC3)c2c1)[C@H]1OC(=O)C[C@H](O)CC[C@H](C)[C@@H](OC(=O)N2CCN(C)CC2)/C=C\[C@@H]1C. The molecule has 3 aliphatic rings. The van der Waals surface area contributed by atoms with Gasteiger partial charge in [0.15, 0.2) is 0 Å². The predicted molar refractivity (Wildman–Crippen MR) is 169 cm³/mol. The van der Waals surface area contributed by atoms with Crippen LogP contribution in [-0.4, -0.2) is 115 Å². The molecule has 5 atom stereocenters. The van der Waals surface area contributed by atoms with Crippen molar-refractivity contribution in [2.24, 2.45) is 11.8 Å². The van der Waals surface area contributed by atoms with Crippen molar-refractivity contribution in [2.45, 2.75) is 63.6 Å². The van der Waals surface area contributed by atoms with E-state index < -0.39 is 57.4 Å². The molecule has 46 heavy (non-hydrogen) atoms. The highest BCUT2D eigenvalue weighted by Crippen LogP contribution is 2.29. The second-order valence-corrected chi connectivity index (χ2v) is 14.8. The van der Waals surface area contributed by atoms with E-state index in [0.29, 0.717) is 37.1 Å². The zero-order valence-corrected chi connectivity index (χ0v) is 27.5. The molecular formula is C32H43FN4O8S. The quantitative estimate of drug-likeness (QED) is 0.375. The van der Waals surface area contributed by atoms with E-state index in [1.807, 2.05) is 33.0 Å². The van der Waals surface area contributed by atoms with E-state index in [9.17, 15) is 23.1 Å². The Bertz CT molecular complexity index is 1600. The number of cyclic esters (lactones) is 1. The van der Waals surface area contributed by atoms with Gasteiger partial charge in [0.2, 0.25) is 0 Å². The lowest BCUT2D eigenvalue weighted by Crippen LogP contribution is -2.48. The second-order valence-electron chi connectivity index (χ2n) is 12.7. The first-order valence-corrected chi connectivity index (χ1v) is 17.2. The monoisotopic (exact) mass is 662 g/mol. The van der Waals surface area contributed by atoms with E-state index in [1.165, 1.54) is 18.3 Å². The molecule has 1 amide bonds. The Labute approximate surface area is 268 Å². The molecule has 1 aromatic carbocycles. The number of aliphatic hydroxyl groups is 1. The van der Waals surface area contributed by atoms with E-state index in [4.69, 9.17) is 14.2 Å². The summed E-state index contributed by atoms with van der Waals surface area (Å²) < 4.78 is 59.0. The van der Waals surface area contributed by atoms with Gasteiger partial charge in [-0.2, -0.15) is 9.19 Å². The third-order valence-electron chi connectivity index (χ3n) is 9.00. The summed E-state index contributed by atoms with van der Waals surface area (Å²) in [7, 11) is -1.88. The highest BCUT2D eigenvalue weighted by atomic mass is 32.2. The number of hydrogen-bond acceptors (Lipinski definition) is 10. The number of amides is 1. The van der Waals surface area contributed by atoms with Gasteiger partial charge in [-0.15, -0.1) is 0 Å². The minimum atomic E-state index is -3.89. The van der Waals surface area contributed by atoms with Gasteiger partial charge in [-0.3, -0.25) is 4.79 Å². The van der Waals surface area contributed by atoms with Gasteiger partial charge in [0.25, 0.3) is 10.0 Å². The minimum Gasteiger partial charge on any atom is -0.457 e. The lowest BCUT2D eigenvalue weighted by molar-refractivity contribution is -0.151. The number of rotatable bonds is 5. The van der Waals surface area contributed by atoms with Gasteiger partial charge in [0.05, 0.1) is 42.8 Å². The lowest BCUT2D eigenvalue weighted by atomic mass is 9.91. The lowest BCUT2D eigenvalue weighted by Gasteiger charge is -2.33. The van der Waals surface area contributed by atoms with Crippen LogP contribution in [0, 0.1) is 17.7 Å². The molecule has 2 saturated heterocycles. The fourth-order valence-electron chi connectivity index (χ4n) is 5.87. The number of halogens is 1. The molecule has 0 bridgehead atoms. The number of esters is 1. The second kappa shape index (κ2) is 14.2. The molecule has 0 saturated carbocycles. The summed E-state index contributed by atoms with van der Waals surface area (Å²) in [4.78, 5) is 29.8. The molecular weight excluding hydrogens is 619 g/mol. The van der Waals surface area contributed by atoms with E-state index in [1.54, 1.807) is 17.9 Å². The Hall–Kier alpha value is -3.33. The Morgan fingerprint density at radius 1 is 1.13 bits per heavy atom. The van der Waals surface area contributed by atoms with Crippen LogP contribution in [0.5, 0.6) is 0 Å². The first-order valence-electron chi connectivity index (χ1n) is 15.7. The van der Waals surface area contributed by atoms with Crippen molar-refractivity contribution in [3.8, 4) is 0 Å². The summed E-state index contributed by atoms with van der Waals surface area (Å²) in [5.74, 6) is -1.74. The summed E-state index contributed by atoms with van der Waals surface area (Å²) in [6.07, 6.45) is 4.42. The Balaban J connectivity index is 1.42. The molecule has 0 spiro atoms. The summed E-state index contributed by atoms with van der Waals surface area (Å²) >= 11 is 0. The van der Waals surface area contributed by atoms with E-state index in [2.05, 4.69) is 10.00 Å². The normalized spacial score (nSPS) is 28.6. The minimum absolute atomic E-state index is 0.0483. The van der Waals surface area contributed by atoms with Crippen molar-refractivity contribution < 1.29 is 41.7 Å². The molecule has 1 N–H and O–H groups in total. The van der Waals surface area contributed by atoms with Crippen LogP contribution in [0.15, 0.2) is 36.1 Å². The molecule has 2 fully saturated rings. The number of carbonyl (C=O) groups excluding carboxylic acids is 2. The van der Waals surface area contributed by atoms with Crippen molar-refractivity contribution in [1.29, 1.82) is 0 Å². The molecule has 14 heteroatoms. The van der Waals surface area contributed by atoms with Crippen LogP contribution >= 0.6 is 0 Å². The summed E-state index contributed by atoms with van der Waals surface area (Å²) in [6.45, 7) is 8.30. The first kappa shape index (κ1) is 34.0. The maximum atomic E-state index is 15.2. The number of benzene rings is 1. The van der Waals surface area contributed by atoms with E-state index in [0.717, 1.165) is 17.2 Å². The largest absolute Gasteiger partial charge is 0.457 e. The Kier molecular flexibility index (Phi) is 10.5. The number of ether oxygens (including phenoxy) is 3. The average Bonchev–Trinajstić information content (AvgIpc) is 3.41.